The van der Waals surface area contributed by atoms with Crippen LogP contribution in [0.5, 0.6) is 0 Å². The fraction of sp³-hybridized carbons (Fsp3) is 0.222. The third-order valence-corrected chi connectivity index (χ3v) is 5.33. The second-order valence-electron chi connectivity index (χ2n) is 5.72. The summed E-state index contributed by atoms with van der Waals surface area (Å²) in [7, 11) is -4.31. The van der Waals surface area contributed by atoms with Gasteiger partial charge in [-0.2, -0.15) is 0 Å². The number of nitrogens with zero attached hydrogens (tertiary/aromatic N) is 1. The fourth-order valence-electron chi connectivity index (χ4n) is 2.36. The van der Waals surface area contributed by atoms with Crippen molar-refractivity contribution in [2.75, 3.05) is 17.9 Å². The van der Waals surface area contributed by atoms with Gasteiger partial charge in [0.25, 0.3) is 15.7 Å². The van der Waals surface area contributed by atoms with E-state index in [1.165, 1.54) is 18.2 Å². The smallest absolute Gasteiger partial charge is 0.338 e. The molecule has 2 aromatic rings. The zero-order valence-corrected chi connectivity index (χ0v) is 17.5. The lowest BCUT2D eigenvalue weighted by Gasteiger charge is -2.12. The first kappa shape index (κ1) is 23.1. The van der Waals surface area contributed by atoms with E-state index in [2.05, 4.69) is 4.72 Å². The van der Waals surface area contributed by atoms with E-state index in [-0.39, 0.29) is 35.1 Å². The number of halogens is 1. The molecule has 2 aromatic carbocycles. The van der Waals surface area contributed by atoms with Crippen LogP contribution in [0.15, 0.2) is 41.3 Å². The zero-order valence-electron chi connectivity index (χ0n) is 15.9. The van der Waals surface area contributed by atoms with Crippen molar-refractivity contribution in [2.24, 2.45) is 0 Å². The number of benzene rings is 2. The second kappa shape index (κ2) is 9.55. The van der Waals surface area contributed by atoms with E-state index in [1.54, 1.807) is 13.8 Å². The molecule has 10 nitrogen and oxygen atoms in total. The summed E-state index contributed by atoms with van der Waals surface area (Å²) in [6.45, 7) is 3.31. The quantitative estimate of drug-likeness (QED) is 0.361. The highest BCUT2D eigenvalue weighted by Gasteiger charge is 2.22. The summed E-state index contributed by atoms with van der Waals surface area (Å²) in [5.74, 6) is -1.54. The first-order valence-electron chi connectivity index (χ1n) is 8.55. The third kappa shape index (κ3) is 5.45. The van der Waals surface area contributed by atoms with Crippen molar-refractivity contribution in [1.82, 2.24) is 0 Å². The summed E-state index contributed by atoms with van der Waals surface area (Å²) < 4.78 is 37.3. The maximum absolute atomic E-state index is 12.7. The van der Waals surface area contributed by atoms with Gasteiger partial charge in [0.05, 0.1) is 39.8 Å². The molecule has 0 spiro atoms. The molecule has 30 heavy (non-hydrogen) atoms. The number of nitro groups is 1. The molecule has 0 bridgehead atoms. The predicted molar refractivity (Wildman–Crippen MR) is 107 cm³/mol. The van der Waals surface area contributed by atoms with E-state index >= 15 is 0 Å². The Morgan fingerprint density at radius 2 is 1.57 bits per heavy atom. The van der Waals surface area contributed by atoms with Crippen LogP contribution in [0.1, 0.15) is 34.6 Å². The molecule has 1 N–H and O–H groups in total. The SMILES string of the molecule is CCOC(=O)c1cc(NS(=O)(=O)c2ccc(Cl)c([N+](=O)[O-])c2)cc(C(=O)OCC)c1. The summed E-state index contributed by atoms with van der Waals surface area (Å²) in [6, 6.07) is 6.50. The number of rotatable bonds is 8. The minimum absolute atomic E-state index is 0.0674. The molecule has 12 heteroatoms. The Hall–Kier alpha value is -3.18. The van der Waals surface area contributed by atoms with Crippen molar-refractivity contribution in [3.05, 3.63) is 62.7 Å². The zero-order chi connectivity index (χ0) is 22.5. The number of hydrogen-bond donors (Lipinski definition) is 1. The van der Waals surface area contributed by atoms with Gasteiger partial charge in [0, 0.05) is 6.07 Å². The van der Waals surface area contributed by atoms with Crippen molar-refractivity contribution in [2.45, 2.75) is 18.7 Å². The van der Waals surface area contributed by atoms with Crippen molar-refractivity contribution in [3.8, 4) is 0 Å². The molecule has 0 saturated heterocycles. The molecular weight excluding hydrogens is 440 g/mol. The minimum Gasteiger partial charge on any atom is -0.462 e. The number of anilines is 1. The van der Waals surface area contributed by atoms with E-state index in [9.17, 15) is 28.1 Å². The summed E-state index contributed by atoms with van der Waals surface area (Å²) in [6.07, 6.45) is 0. The molecule has 0 saturated carbocycles. The number of ether oxygens (including phenoxy) is 2. The van der Waals surface area contributed by atoms with Gasteiger partial charge in [0.2, 0.25) is 0 Å². The Morgan fingerprint density at radius 3 is 2.03 bits per heavy atom. The van der Waals surface area contributed by atoms with Crippen LogP contribution in [-0.2, 0) is 19.5 Å². The molecular formula is C18H17ClN2O8S. The van der Waals surface area contributed by atoms with Crippen molar-refractivity contribution in [3.63, 3.8) is 0 Å². The van der Waals surface area contributed by atoms with Gasteiger partial charge >= 0.3 is 11.9 Å². The standard InChI is InChI=1S/C18H17ClN2O8S/c1-3-28-17(22)11-7-12(18(23)29-4-2)9-13(8-11)20-30(26,27)14-5-6-15(19)16(10-14)21(24)25/h5-10,20H,3-4H2,1-2H3. The number of carbonyl (C=O) groups excluding carboxylic acids is 2. The maximum Gasteiger partial charge on any atom is 0.338 e. The summed E-state index contributed by atoms with van der Waals surface area (Å²) in [5, 5.41) is 10.8. The second-order valence-corrected chi connectivity index (χ2v) is 7.81. The fourth-order valence-corrected chi connectivity index (χ4v) is 3.61. The average Bonchev–Trinajstić information content (AvgIpc) is 2.67. The average molecular weight is 457 g/mol. The molecule has 0 atom stereocenters. The highest BCUT2D eigenvalue weighted by Crippen LogP contribution is 2.28. The van der Waals surface area contributed by atoms with Crippen LogP contribution < -0.4 is 4.72 Å². The molecule has 0 aromatic heterocycles. The Morgan fingerprint density at radius 1 is 1.03 bits per heavy atom. The van der Waals surface area contributed by atoms with E-state index in [0.717, 1.165) is 18.2 Å². The van der Waals surface area contributed by atoms with Gasteiger partial charge in [-0.1, -0.05) is 11.6 Å². The Kier molecular flexibility index (Phi) is 7.35. The number of nitrogens with one attached hydrogen (secondary N) is 1. The summed E-state index contributed by atoms with van der Waals surface area (Å²) in [4.78, 5) is 33.9. The van der Waals surface area contributed by atoms with E-state index < -0.39 is 37.5 Å². The molecule has 0 amide bonds. The third-order valence-electron chi connectivity index (χ3n) is 3.63. The first-order chi connectivity index (χ1) is 14.1. The normalized spacial score (nSPS) is 10.9. The molecule has 0 heterocycles. The van der Waals surface area contributed by atoms with Gasteiger partial charge in [0.1, 0.15) is 5.02 Å². The van der Waals surface area contributed by atoms with Gasteiger partial charge in [-0.05, 0) is 44.2 Å². The molecule has 0 aliphatic heterocycles. The Labute approximate surface area is 176 Å². The van der Waals surface area contributed by atoms with Crippen molar-refractivity contribution < 1.29 is 32.4 Å². The van der Waals surface area contributed by atoms with Crippen LogP contribution in [0, 0.1) is 10.1 Å². The van der Waals surface area contributed by atoms with Crippen molar-refractivity contribution >= 4 is 44.9 Å². The monoisotopic (exact) mass is 456 g/mol. The van der Waals surface area contributed by atoms with Crippen molar-refractivity contribution in [1.29, 1.82) is 0 Å². The summed E-state index contributed by atoms with van der Waals surface area (Å²) >= 11 is 5.71. The maximum atomic E-state index is 12.7. The lowest BCUT2D eigenvalue weighted by Crippen LogP contribution is -2.15. The van der Waals surface area contributed by atoms with Gasteiger partial charge in [-0.3, -0.25) is 14.8 Å². The Balaban J connectivity index is 2.49. The highest BCUT2D eigenvalue weighted by molar-refractivity contribution is 7.92. The number of esters is 2. The molecule has 0 unspecified atom stereocenters. The highest BCUT2D eigenvalue weighted by atomic mass is 35.5. The first-order valence-corrected chi connectivity index (χ1v) is 10.4. The molecule has 0 fully saturated rings. The number of hydrogen-bond acceptors (Lipinski definition) is 8. The lowest BCUT2D eigenvalue weighted by atomic mass is 10.1. The van der Waals surface area contributed by atoms with E-state index in [4.69, 9.17) is 21.1 Å². The summed E-state index contributed by atoms with van der Waals surface area (Å²) in [5.41, 5.74) is -0.891. The number of carbonyl (C=O) groups is 2. The van der Waals surface area contributed by atoms with Crippen LogP contribution in [0.4, 0.5) is 11.4 Å². The van der Waals surface area contributed by atoms with Gasteiger partial charge in [0.15, 0.2) is 0 Å². The van der Waals surface area contributed by atoms with Crippen LogP contribution >= 0.6 is 11.6 Å². The molecule has 160 valence electrons. The van der Waals surface area contributed by atoms with E-state index in [1.807, 2.05) is 0 Å². The molecule has 0 aliphatic rings. The molecule has 2 rings (SSSR count). The van der Waals surface area contributed by atoms with Gasteiger partial charge in [-0.25, -0.2) is 18.0 Å². The van der Waals surface area contributed by atoms with Crippen LogP contribution in [0.3, 0.4) is 0 Å². The molecule has 0 aliphatic carbocycles. The van der Waals surface area contributed by atoms with E-state index in [0.29, 0.717) is 0 Å². The predicted octanol–water partition coefficient (Wildman–Crippen LogP) is 3.40. The minimum atomic E-state index is -4.31. The van der Waals surface area contributed by atoms with Gasteiger partial charge in [-0.15, -0.1) is 0 Å². The largest absolute Gasteiger partial charge is 0.462 e. The molecule has 0 radical (unpaired) electrons. The van der Waals surface area contributed by atoms with Crippen LogP contribution in [-0.4, -0.2) is 38.5 Å². The van der Waals surface area contributed by atoms with Crippen LogP contribution in [0.2, 0.25) is 5.02 Å². The van der Waals surface area contributed by atoms with Gasteiger partial charge < -0.3 is 9.47 Å². The number of nitro benzene ring substituents is 1. The van der Waals surface area contributed by atoms with Crippen LogP contribution in [0.25, 0.3) is 0 Å². The Bertz CT molecular complexity index is 1070. The number of sulfonamides is 1. The topological polar surface area (TPSA) is 142 Å². The lowest BCUT2D eigenvalue weighted by molar-refractivity contribution is -0.384.